The third-order valence-corrected chi connectivity index (χ3v) is 5.47. The fraction of sp³-hybridized carbons (Fsp3) is 0.391. The summed E-state index contributed by atoms with van der Waals surface area (Å²) in [5.74, 6) is 2.34. The number of benzene rings is 1. The number of carbonyl (C=O) groups is 1. The van der Waals surface area contributed by atoms with Gasteiger partial charge in [0.15, 0.2) is 11.5 Å². The van der Waals surface area contributed by atoms with E-state index < -0.39 is 0 Å². The molecule has 2 aliphatic rings. The molecule has 0 saturated heterocycles. The molecule has 0 N–H and O–H groups in total. The topological polar surface area (TPSA) is 51.7 Å². The van der Waals surface area contributed by atoms with Gasteiger partial charge in [-0.05, 0) is 56.0 Å². The van der Waals surface area contributed by atoms with Crippen molar-refractivity contribution in [2.24, 2.45) is 0 Å². The van der Waals surface area contributed by atoms with Crippen LogP contribution in [-0.2, 0) is 11.2 Å². The van der Waals surface area contributed by atoms with E-state index in [-0.39, 0.29) is 18.7 Å². The van der Waals surface area contributed by atoms with Gasteiger partial charge in [-0.15, -0.1) is 0 Å². The number of hydrogen-bond donors (Lipinski definition) is 0. The van der Waals surface area contributed by atoms with E-state index in [4.69, 9.17) is 9.47 Å². The Morgan fingerprint density at radius 2 is 1.96 bits per heavy atom. The SMILES string of the molecule is CC(=CCc1ccc2c(c1)OCO2)C(=O)N(c1ccccn1)C1CCCCC1. The third kappa shape index (κ3) is 4.03. The zero-order valence-electron chi connectivity index (χ0n) is 16.3. The van der Waals surface area contributed by atoms with Gasteiger partial charge in [-0.25, -0.2) is 4.98 Å². The number of carbonyl (C=O) groups excluding carboxylic acids is 1. The average molecular weight is 378 g/mol. The molecule has 1 saturated carbocycles. The molecule has 1 fully saturated rings. The summed E-state index contributed by atoms with van der Waals surface area (Å²) in [6.45, 7) is 2.17. The second-order valence-electron chi connectivity index (χ2n) is 7.43. The largest absolute Gasteiger partial charge is 0.454 e. The molecule has 1 aliphatic heterocycles. The van der Waals surface area contributed by atoms with Crippen molar-refractivity contribution in [1.29, 1.82) is 0 Å². The molecule has 146 valence electrons. The van der Waals surface area contributed by atoms with Crippen molar-refractivity contribution in [1.82, 2.24) is 4.98 Å². The molecule has 0 unspecified atom stereocenters. The molecule has 28 heavy (non-hydrogen) atoms. The first-order valence-corrected chi connectivity index (χ1v) is 10.0. The normalized spacial score (nSPS) is 16.8. The van der Waals surface area contributed by atoms with Gasteiger partial charge in [-0.1, -0.05) is 37.5 Å². The highest BCUT2D eigenvalue weighted by Crippen LogP contribution is 2.33. The van der Waals surface area contributed by atoms with Crippen LogP contribution in [-0.4, -0.2) is 23.7 Å². The standard InChI is InChI=1S/C23H26N2O3/c1-17(10-11-18-12-13-20-21(15-18)28-16-27-20)23(26)25(19-7-3-2-4-8-19)22-9-5-6-14-24-22/h5-6,9-10,12-15,19H,2-4,7-8,11,16H2,1H3. The molecule has 2 heterocycles. The van der Waals surface area contributed by atoms with Crippen molar-refractivity contribution < 1.29 is 14.3 Å². The Hall–Kier alpha value is -2.82. The van der Waals surface area contributed by atoms with Crippen molar-refractivity contribution in [2.45, 2.75) is 51.5 Å². The Bertz CT molecular complexity index is 857. The van der Waals surface area contributed by atoms with E-state index in [9.17, 15) is 4.79 Å². The number of hydrogen-bond acceptors (Lipinski definition) is 4. The summed E-state index contributed by atoms with van der Waals surface area (Å²) in [5, 5.41) is 0. The molecule has 1 aliphatic carbocycles. The average Bonchev–Trinajstić information content (AvgIpc) is 3.21. The summed E-state index contributed by atoms with van der Waals surface area (Å²) in [6.07, 6.45) is 10.1. The van der Waals surface area contributed by atoms with E-state index in [1.54, 1.807) is 6.20 Å². The summed E-state index contributed by atoms with van der Waals surface area (Å²) >= 11 is 0. The van der Waals surface area contributed by atoms with Gasteiger partial charge < -0.3 is 9.47 Å². The maximum atomic E-state index is 13.3. The van der Waals surface area contributed by atoms with Crippen molar-refractivity contribution in [2.75, 3.05) is 11.7 Å². The minimum Gasteiger partial charge on any atom is -0.454 e. The predicted octanol–water partition coefficient (Wildman–Crippen LogP) is 4.67. The van der Waals surface area contributed by atoms with E-state index in [1.165, 1.54) is 19.3 Å². The van der Waals surface area contributed by atoms with E-state index in [2.05, 4.69) is 4.98 Å². The van der Waals surface area contributed by atoms with Gasteiger partial charge in [-0.2, -0.15) is 0 Å². The van der Waals surface area contributed by atoms with Crippen molar-refractivity contribution in [3.63, 3.8) is 0 Å². The summed E-state index contributed by atoms with van der Waals surface area (Å²) in [4.78, 5) is 19.7. The molecule has 5 nitrogen and oxygen atoms in total. The number of anilines is 1. The van der Waals surface area contributed by atoms with E-state index >= 15 is 0 Å². The number of pyridine rings is 1. The second-order valence-corrected chi connectivity index (χ2v) is 7.43. The lowest BCUT2D eigenvalue weighted by Gasteiger charge is -2.33. The monoisotopic (exact) mass is 378 g/mol. The van der Waals surface area contributed by atoms with Gasteiger partial charge in [0.25, 0.3) is 5.91 Å². The Kier molecular flexibility index (Phi) is 5.60. The van der Waals surface area contributed by atoms with Crippen molar-refractivity contribution in [3.05, 3.63) is 59.8 Å². The van der Waals surface area contributed by atoms with Crippen LogP contribution in [0.1, 0.15) is 44.6 Å². The quantitative estimate of drug-likeness (QED) is 0.710. The van der Waals surface area contributed by atoms with Crippen molar-refractivity contribution >= 4 is 11.7 Å². The Morgan fingerprint density at radius 3 is 2.75 bits per heavy atom. The summed E-state index contributed by atoms with van der Waals surface area (Å²) in [5.41, 5.74) is 1.84. The number of amides is 1. The van der Waals surface area contributed by atoms with Gasteiger partial charge in [0, 0.05) is 17.8 Å². The number of aromatic nitrogens is 1. The highest BCUT2D eigenvalue weighted by atomic mass is 16.7. The molecule has 5 heteroatoms. The van der Waals surface area contributed by atoms with Crippen LogP contribution in [0.5, 0.6) is 11.5 Å². The van der Waals surface area contributed by atoms with Crippen LogP contribution in [0.3, 0.4) is 0 Å². The van der Waals surface area contributed by atoms with Crippen LogP contribution >= 0.6 is 0 Å². The highest BCUT2D eigenvalue weighted by Gasteiger charge is 2.28. The van der Waals surface area contributed by atoms with Gasteiger partial charge in [0.2, 0.25) is 6.79 Å². The number of nitrogens with zero attached hydrogens (tertiary/aromatic N) is 2. The summed E-state index contributed by atoms with van der Waals surface area (Å²) < 4.78 is 10.8. The van der Waals surface area contributed by atoms with E-state index in [0.29, 0.717) is 6.42 Å². The Morgan fingerprint density at radius 1 is 1.14 bits per heavy atom. The molecule has 2 aromatic rings. The maximum Gasteiger partial charge on any atom is 0.255 e. The first-order chi connectivity index (χ1) is 13.7. The second kappa shape index (κ2) is 8.46. The molecular formula is C23H26N2O3. The fourth-order valence-electron chi connectivity index (χ4n) is 3.91. The summed E-state index contributed by atoms with van der Waals surface area (Å²) in [7, 11) is 0. The van der Waals surface area contributed by atoms with Crippen LogP contribution in [0.2, 0.25) is 0 Å². The smallest absolute Gasteiger partial charge is 0.255 e. The van der Waals surface area contributed by atoms with Crippen LogP contribution in [0, 0.1) is 0 Å². The summed E-state index contributed by atoms with van der Waals surface area (Å²) in [6, 6.07) is 11.9. The molecule has 1 aromatic heterocycles. The van der Waals surface area contributed by atoms with E-state index in [1.807, 2.05) is 54.3 Å². The Labute approximate surface area is 166 Å². The molecule has 4 rings (SSSR count). The van der Waals surface area contributed by atoms with Gasteiger partial charge in [0.05, 0.1) is 0 Å². The number of rotatable bonds is 5. The van der Waals surface area contributed by atoms with Crippen LogP contribution in [0.4, 0.5) is 5.82 Å². The third-order valence-electron chi connectivity index (χ3n) is 5.47. The Balaban J connectivity index is 1.52. The molecule has 0 spiro atoms. The molecule has 0 atom stereocenters. The molecule has 0 bridgehead atoms. The first kappa shape index (κ1) is 18.5. The van der Waals surface area contributed by atoms with Gasteiger partial charge >= 0.3 is 0 Å². The molecule has 1 amide bonds. The number of fused-ring (bicyclic) bond motifs is 1. The zero-order chi connectivity index (χ0) is 19.3. The molecular weight excluding hydrogens is 352 g/mol. The highest BCUT2D eigenvalue weighted by molar-refractivity contribution is 6.05. The number of allylic oxidation sites excluding steroid dienone is 1. The minimum absolute atomic E-state index is 0.0475. The van der Waals surface area contributed by atoms with Crippen molar-refractivity contribution in [3.8, 4) is 11.5 Å². The van der Waals surface area contributed by atoms with Crippen LogP contribution in [0.25, 0.3) is 0 Å². The first-order valence-electron chi connectivity index (χ1n) is 10.0. The van der Waals surface area contributed by atoms with Gasteiger partial charge in [-0.3, -0.25) is 9.69 Å². The number of ether oxygens (including phenoxy) is 2. The zero-order valence-corrected chi connectivity index (χ0v) is 16.3. The lowest BCUT2D eigenvalue weighted by atomic mass is 9.93. The predicted molar refractivity (Wildman–Crippen MR) is 109 cm³/mol. The lowest BCUT2D eigenvalue weighted by molar-refractivity contribution is -0.115. The maximum absolute atomic E-state index is 13.3. The minimum atomic E-state index is 0.0475. The van der Waals surface area contributed by atoms with E-state index in [0.717, 1.165) is 41.3 Å². The van der Waals surface area contributed by atoms with Gasteiger partial charge in [0.1, 0.15) is 5.82 Å². The molecule has 1 aromatic carbocycles. The fourth-order valence-corrected chi connectivity index (χ4v) is 3.91. The lowest BCUT2D eigenvalue weighted by Crippen LogP contribution is -2.42. The molecule has 0 radical (unpaired) electrons. The van der Waals surface area contributed by atoms with Crippen LogP contribution < -0.4 is 14.4 Å². The van der Waals surface area contributed by atoms with Crippen LogP contribution in [0.15, 0.2) is 54.2 Å².